The number of hydrogen-bond acceptors (Lipinski definition) is 4. The molecule has 1 N–H and O–H groups in total. The standard InChI is InChI=1S/C14H21F2N3O.ClH/c1-18(2)7-8-20-11-9-12(15)14(13(16)10-11)19-5-3-17-4-6-19;/h9-10,17H,3-8H2,1-2H3;1H. The molecule has 4 nitrogen and oxygen atoms in total. The normalized spacial score (nSPS) is 15.0. The molecule has 120 valence electrons. The summed E-state index contributed by atoms with van der Waals surface area (Å²) in [5, 5.41) is 3.16. The molecule has 1 aromatic rings. The number of hydrogen-bond donors (Lipinski definition) is 1. The molecular formula is C14H22ClF2N3O. The molecule has 0 aromatic heterocycles. The van der Waals surface area contributed by atoms with Crippen molar-refractivity contribution in [3.63, 3.8) is 0 Å². The maximum atomic E-state index is 14.1. The van der Waals surface area contributed by atoms with Gasteiger partial charge in [-0.05, 0) is 14.1 Å². The van der Waals surface area contributed by atoms with E-state index in [0.29, 0.717) is 26.2 Å². The van der Waals surface area contributed by atoms with Crippen molar-refractivity contribution in [1.82, 2.24) is 10.2 Å². The lowest BCUT2D eigenvalue weighted by atomic mass is 10.2. The van der Waals surface area contributed by atoms with Crippen LogP contribution < -0.4 is 15.0 Å². The first kappa shape index (κ1) is 17.9. The fraction of sp³-hybridized carbons (Fsp3) is 0.571. The van der Waals surface area contributed by atoms with Gasteiger partial charge in [0.2, 0.25) is 0 Å². The molecule has 1 aliphatic rings. The Hall–Kier alpha value is -1.11. The van der Waals surface area contributed by atoms with Gasteiger partial charge in [-0.15, -0.1) is 12.4 Å². The second-order valence-corrected chi connectivity index (χ2v) is 5.12. The van der Waals surface area contributed by atoms with Gasteiger partial charge in [0.25, 0.3) is 0 Å². The van der Waals surface area contributed by atoms with Gasteiger partial charge < -0.3 is 19.9 Å². The average Bonchev–Trinajstić information content (AvgIpc) is 2.38. The zero-order chi connectivity index (χ0) is 14.5. The Morgan fingerprint density at radius 2 is 1.76 bits per heavy atom. The molecule has 2 rings (SSSR count). The minimum Gasteiger partial charge on any atom is -0.492 e. The van der Waals surface area contributed by atoms with Crippen LogP contribution in [0.1, 0.15) is 0 Å². The van der Waals surface area contributed by atoms with Gasteiger partial charge in [-0.25, -0.2) is 8.78 Å². The summed E-state index contributed by atoms with van der Waals surface area (Å²) in [6.07, 6.45) is 0. The molecule has 1 fully saturated rings. The zero-order valence-electron chi connectivity index (χ0n) is 12.4. The van der Waals surface area contributed by atoms with Crippen molar-refractivity contribution in [3.05, 3.63) is 23.8 Å². The number of nitrogens with one attached hydrogen (secondary N) is 1. The largest absolute Gasteiger partial charge is 0.492 e. The monoisotopic (exact) mass is 321 g/mol. The molecule has 1 heterocycles. The fourth-order valence-electron chi connectivity index (χ4n) is 2.16. The summed E-state index contributed by atoms with van der Waals surface area (Å²) < 4.78 is 33.5. The zero-order valence-corrected chi connectivity index (χ0v) is 13.2. The molecule has 0 radical (unpaired) electrons. The number of anilines is 1. The molecule has 1 aromatic carbocycles. The predicted octanol–water partition coefficient (Wildman–Crippen LogP) is 1.74. The average molecular weight is 322 g/mol. The van der Waals surface area contributed by atoms with Gasteiger partial charge in [-0.1, -0.05) is 0 Å². The molecule has 0 bridgehead atoms. The van der Waals surface area contributed by atoms with Crippen molar-refractivity contribution >= 4 is 18.1 Å². The molecule has 1 aliphatic heterocycles. The Bertz CT molecular complexity index is 431. The van der Waals surface area contributed by atoms with Crippen molar-refractivity contribution < 1.29 is 13.5 Å². The molecule has 21 heavy (non-hydrogen) atoms. The first-order valence-corrected chi connectivity index (χ1v) is 6.80. The van der Waals surface area contributed by atoms with E-state index in [4.69, 9.17) is 4.74 Å². The van der Waals surface area contributed by atoms with Crippen molar-refractivity contribution in [2.75, 3.05) is 58.3 Å². The topological polar surface area (TPSA) is 27.7 Å². The van der Waals surface area contributed by atoms with E-state index in [2.05, 4.69) is 5.32 Å². The van der Waals surface area contributed by atoms with Crippen LogP contribution in [0.25, 0.3) is 0 Å². The van der Waals surface area contributed by atoms with Crippen LogP contribution in [-0.4, -0.2) is 58.3 Å². The van der Waals surface area contributed by atoms with Gasteiger partial charge in [-0.3, -0.25) is 0 Å². The summed E-state index contributed by atoms with van der Waals surface area (Å²) in [5.41, 5.74) is 0.0476. The van der Waals surface area contributed by atoms with Gasteiger partial charge >= 0.3 is 0 Å². The van der Waals surface area contributed by atoms with E-state index < -0.39 is 11.6 Å². The molecule has 7 heteroatoms. The third-order valence-corrected chi connectivity index (χ3v) is 3.23. The summed E-state index contributed by atoms with van der Waals surface area (Å²) in [5.74, 6) is -0.890. The predicted molar refractivity (Wildman–Crippen MR) is 82.7 cm³/mol. The van der Waals surface area contributed by atoms with Crippen molar-refractivity contribution in [3.8, 4) is 5.75 Å². The first-order chi connectivity index (χ1) is 9.58. The molecule has 0 saturated carbocycles. The molecule has 0 spiro atoms. The van der Waals surface area contributed by atoms with E-state index >= 15 is 0 Å². The highest BCUT2D eigenvalue weighted by Gasteiger charge is 2.20. The van der Waals surface area contributed by atoms with E-state index in [9.17, 15) is 8.78 Å². The third-order valence-electron chi connectivity index (χ3n) is 3.23. The van der Waals surface area contributed by atoms with Crippen molar-refractivity contribution in [2.24, 2.45) is 0 Å². The van der Waals surface area contributed by atoms with Gasteiger partial charge in [0.15, 0.2) is 11.6 Å². The van der Waals surface area contributed by atoms with E-state index in [1.807, 2.05) is 19.0 Å². The Balaban J connectivity index is 0.00000220. The van der Waals surface area contributed by atoms with E-state index in [1.165, 1.54) is 12.1 Å². The highest BCUT2D eigenvalue weighted by molar-refractivity contribution is 5.85. The summed E-state index contributed by atoms with van der Waals surface area (Å²) in [4.78, 5) is 3.67. The Kier molecular flexibility index (Phi) is 7.14. The van der Waals surface area contributed by atoms with Crippen LogP contribution in [-0.2, 0) is 0 Å². The molecule has 0 aliphatic carbocycles. The first-order valence-electron chi connectivity index (χ1n) is 6.80. The molecule has 0 atom stereocenters. The number of rotatable bonds is 5. The molecule has 0 unspecified atom stereocenters. The second-order valence-electron chi connectivity index (χ2n) is 5.12. The number of likely N-dealkylation sites (N-methyl/N-ethyl adjacent to an activating group) is 1. The number of benzene rings is 1. The van der Waals surface area contributed by atoms with Crippen LogP contribution in [0.5, 0.6) is 5.75 Å². The minimum atomic E-state index is -0.563. The van der Waals surface area contributed by atoms with Crippen LogP contribution in [0, 0.1) is 11.6 Å². The maximum absolute atomic E-state index is 14.1. The third kappa shape index (κ3) is 4.98. The Morgan fingerprint density at radius 3 is 2.29 bits per heavy atom. The number of ether oxygens (including phenoxy) is 1. The highest BCUT2D eigenvalue weighted by atomic mass is 35.5. The smallest absolute Gasteiger partial charge is 0.153 e. The number of halogens is 3. The Morgan fingerprint density at radius 1 is 1.19 bits per heavy atom. The van der Waals surface area contributed by atoms with Gasteiger partial charge in [0.1, 0.15) is 18.0 Å². The van der Waals surface area contributed by atoms with Crippen LogP contribution in [0.3, 0.4) is 0 Å². The maximum Gasteiger partial charge on any atom is 0.153 e. The summed E-state index contributed by atoms with van der Waals surface area (Å²) in [7, 11) is 3.83. The number of nitrogens with zero attached hydrogens (tertiary/aromatic N) is 2. The summed E-state index contributed by atoms with van der Waals surface area (Å²) in [6, 6.07) is 2.52. The van der Waals surface area contributed by atoms with E-state index in [1.54, 1.807) is 4.90 Å². The quantitative estimate of drug-likeness (QED) is 0.894. The van der Waals surface area contributed by atoms with Crippen molar-refractivity contribution in [2.45, 2.75) is 0 Å². The lowest BCUT2D eigenvalue weighted by Gasteiger charge is -2.30. The van der Waals surface area contributed by atoms with Gasteiger partial charge in [0, 0.05) is 44.9 Å². The van der Waals surface area contributed by atoms with Gasteiger partial charge in [-0.2, -0.15) is 0 Å². The molecular weight excluding hydrogens is 300 g/mol. The SMILES string of the molecule is CN(C)CCOc1cc(F)c(N2CCNCC2)c(F)c1.Cl. The fourth-order valence-corrected chi connectivity index (χ4v) is 2.16. The lowest BCUT2D eigenvalue weighted by Crippen LogP contribution is -2.44. The van der Waals surface area contributed by atoms with E-state index in [-0.39, 0.29) is 23.8 Å². The van der Waals surface area contributed by atoms with Crippen LogP contribution in [0.15, 0.2) is 12.1 Å². The highest BCUT2D eigenvalue weighted by Crippen LogP contribution is 2.28. The Labute approximate surface area is 130 Å². The van der Waals surface area contributed by atoms with Crippen LogP contribution in [0.2, 0.25) is 0 Å². The van der Waals surface area contributed by atoms with Crippen molar-refractivity contribution in [1.29, 1.82) is 0 Å². The second kappa shape index (κ2) is 8.36. The minimum absolute atomic E-state index is 0. The summed E-state index contributed by atoms with van der Waals surface area (Å²) in [6.45, 7) is 3.78. The van der Waals surface area contributed by atoms with Crippen LogP contribution >= 0.6 is 12.4 Å². The van der Waals surface area contributed by atoms with Crippen LogP contribution in [0.4, 0.5) is 14.5 Å². The van der Waals surface area contributed by atoms with E-state index in [0.717, 1.165) is 13.1 Å². The molecule has 1 saturated heterocycles. The summed E-state index contributed by atoms with van der Waals surface area (Å²) >= 11 is 0. The lowest BCUT2D eigenvalue weighted by molar-refractivity contribution is 0.259. The number of piperazine rings is 1. The molecule has 0 amide bonds. The van der Waals surface area contributed by atoms with Gasteiger partial charge in [0.05, 0.1) is 0 Å².